The maximum Gasteiger partial charge on any atom is 0.273 e. The van der Waals surface area contributed by atoms with Crippen LogP contribution in [0.4, 0.5) is 0 Å². The lowest BCUT2D eigenvalue weighted by atomic mass is 9.98. The van der Waals surface area contributed by atoms with E-state index < -0.39 is 11.5 Å². The fraction of sp³-hybridized carbons (Fsp3) is 0.111. The van der Waals surface area contributed by atoms with Crippen LogP contribution < -0.4 is 5.32 Å². The lowest BCUT2D eigenvalue weighted by Gasteiger charge is -2.25. The van der Waals surface area contributed by atoms with E-state index in [1.807, 2.05) is 11.4 Å². The average molecular weight is 370 g/mol. The van der Waals surface area contributed by atoms with E-state index in [-0.39, 0.29) is 12.2 Å². The zero-order valence-corrected chi connectivity index (χ0v) is 14.2. The molecule has 0 saturated heterocycles. The number of hydrogen-bond acceptors (Lipinski definition) is 7. The van der Waals surface area contributed by atoms with Crippen LogP contribution in [0.25, 0.3) is 11.5 Å². The SMILES string of the molecule is O=C(NC[C@](O)(c1ccco1)c1cccs1)c1cc(-c2ccco2)on1. The molecule has 2 N–H and O–H groups in total. The third-order valence-corrected chi connectivity index (χ3v) is 4.89. The number of amides is 1. The summed E-state index contributed by atoms with van der Waals surface area (Å²) in [5, 5.41) is 19.4. The van der Waals surface area contributed by atoms with E-state index in [4.69, 9.17) is 13.4 Å². The standard InChI is InChI=1S/C18H14N2O5S/c21-17(12-10-14(25-20-12)13-4-1-7-23-13)19-11-18(22,15-5-2-8-24-15)16-6-3-9-26-16/h1-10,22H,11H2,(H,19,21)/t18-/m0/s1. The molecule has 7 nitrogen and oxygen atoms in total. The molecular formula is C18H14N2O5S. The lowest BCUT2D eigenvalue weighted by molar-refractivity contribution is 0.0551. The van der Waals surface area contributed by atoms with Gasteiger partial charge in [0.2, 0.25) is 5.76 Å². The minimum atomic E-state index is -1.47. The topological polar surface area (TPSA) is 102 Å². The van der Waals surface area contributed by atoms with Gasteiger partial charge in [0.25, 0.3) is 5.91 Å². The zero-order valence-electron chi connectivity index (χ0n) is 13.4. The summed E-state index contributed by atoms with van der Waals surface area (Å²) in [7, 11) is 0. The zero-order chi connectivity index (χ0) is 18.0. The van der Waals surface area contributed by atoms with E-state index >= 15 is 0 Å². The Morgan fingerprint density at radius 2 is 2.00 bits per heavy atom. The number of thiophene rings is 1. The molecule has 0 aliphatic rings. The Morgan fingerprint density at radius 3 is 2.69 bits per heavy atom. The van der Waals surface area contributed by atoms with Crippen molar-refractivity contribution in [2.45, 2.75) is 5.60 Å². The van der Waals surface area contributed by atoms with Crippen LogP contribution in [0.1, 0.15) is 21.1 Å². The number of hydrogen-bond donors (Lipinski definition) is 2. The number of aromatic nitrogens is 1. The first-order valence-electron chi connectivity index (χ1n) is 7.76. The van der Waals surface area contributed by atoms with Gasteiger partial charge in [-0.15, -0.1) is 11.3 Å². The van der Waals surface area contributed by atoms with E-state index in [0.29, 0.717) is 22.2 Å². The van der Waals surface area contributed by atoms with Crippen LogP contribution in [0.2, 0.25) is 0 Å². The van der Waals surface area contributed by atoms with Crippen molar-refractivity contribution in [1.29, 1.82) is 0 Å². The molecule has 0 fully saturated rings. The minimum absolute atomic E-state index is 0.0806. The van der Waals surface area contributed by atoms with Gasteiger partial charge < -0.3 is 23.8 Å². The highest BCUT2D eigenvalue weighted by atomic mass is 32.1. The Hall–Kier alpha value is -3.10. The van der Waals surface area contributed by atoms with E-state index in [2.05, 4.69) is 10.5 Å². The van der Waals surface area contributed by atoms with Crippen molar-refractivity contribution in [1.82, 2.24) is 10.5 Å². The van der Waals surface area contributed by atoms with Crippen LogP contribution in [-0.4, -0.2) is 22.7 Å². The molecule has 132 valence electrons. The van der Waals surface area contributed by atoms with Crippen molar-refractivity contribution in [2.24, 2.45) is 0 Å². The lowest BCUT2D eigenvalue weighted by Crippen LogP contribution is -2.41. The number of nitrogens with one attached hydrogen (secondary N) is 1. The number of carbonyl (C=O) groups excluding carboxylic acids is 1. The molecule has 1 amide bonds. The van der Waals surface area contributed by atoms with E-state index in [9.17, 15) is 9.90 Å². The Kier molecular flexibility index (Phi) is 4.19. The minimum Gasteiger partial charge on any atom is -0.466 e. The summed E-state index contributed by atoms with van der Waals surface area (Å²) >= 11 is 1.37. The maximum atomic E-state index is 12.4. The highest BCUT2D eigenvalue weighted by Crippen LogP contribution is 2.32. The Morgan fingerprint density at radius 1 is 1.15 bits per heavy atom. The number of carbonyl (C=O) groups is 1. The average Bonchev–Trinajstić information content (AvgIpc) is 3.45. The molecule has 4 aromatic rings. The van der Waals surface area contributed by atoms with Crippen molar-refractivity contribution in [3.05, 3.63) is 76.7 Å². The molecular weight excluding hydrogens is 356 g/mol. The van der Waals surface area contributed by atoms with Gasteiger partial charge in [0.15, 0.2) is 17.1 Å². The summed E-state index contributed by atoms with van der Waals surface area (Å²) in [6, 6.07) is 11.8. The molecule has 0 aliphatic carbocycles. The third-order valence-electron chi connectivity index (χ3n) is 3.87. The molecule has 0 aliphatic heterocycles. The van der Waals surface area contributed by atoms with Gasteiger partial charge in [-0.05, 0) is 35.7 Å². The summed E-state index contributed by atoms with van der Waals surface area (Å²) in [4.78, 5) is 13.1. The molecule has 1 atom stereocenters. The fourth-order valence-corrected chi connectivity index (χ4v) is 3.37. The Labute approximate surface area is 151 Å². The van der Waals surface area contributed by atoms with Gasteiger partial charge >= 0.3 is 0 Å². The molecule has 0 aromatic carbocycles. The van der Waals surface area contributed by atoms with Crippen molar-refractivity contribution in [2.75, 3.05) is 6.54 Å². The molecule has 0 bridgehead atoms. The van der Waals surface area contributed by atoms with Crippen LogP contribution in [0, 0.1) is 0 Å². The quantitative estimate of drug-likeness (QED) is 0.540. The van der Waals surface area contributed by atoms with Gasteiger partial charge in [-0.3, -0.25) is 4.79 Å². The first-order chi connectivity index (χ1) is 12.7. The number of rotatable bonds is 6. The molecule has 4 rings (SSSR count). The van der Waals surface area contributed by atoms with Gasteiger partial charge in [0.1, 0.15) is 5.76 Å². The highest BCUT2D eigenvalue weighted by Gasteiger charge is 2.36. The molecule has 0 radical (unpaired) electrons. The van der Waals surface area contributed by atoms with E-state index in [0.717, 1.165) is 0 Å². The predicted octanol–water partition coefficient (Wildman–Crippen LogP) is 3.26. The summed E-state index contributed by atoms with van der Waals surface area (Å²) < 4.78 is 15.7. The summed E-state index contributed by atoms with van der Waals surface area (Å²) in [6.45, 7) is -0.0806. The molecule has 0 spiro atoms. The van der Waals surface area contributed by atoms with Gasteiger partial charge in [0.05, 0.1) is 19.1 Å². The smallest absolute Gasteiger partial charge is 0.273 e. The van der Waals surface area contributed by atoms with Crippen molar-refractivity contribution in [3.8, 4) is 11.5 Å². The molecule has 4 aromatic heterocycles. The highest BCUT2D eigenvalue weighted by molar-refractivity contribution is 7.10. The van der Waals surface area contributed by atoms with Gasteiger partial charge in [-0.2, -0.15) is 0 Å². The molecule has 8 heteroatoms. The van der Waals surface area contributed by atoms with Crippen LogP contribution in [-0.2, 0) is 5.60 Å². The third kappa shape index (κ3) is 2.96. The Bertz CT molecular complexity index is 937. The van der Waals surface area contributed by atoms with Crippen LogP contribution in [0.15, 0.2) is 73.7 Å². The second kappa shape index (κ2) is 6.66. The largest absolute Gasteiger partial charge is 0.466 e. The molecule has 26 heavy (non-hydrogen) atoms. The number of aliphatic hydroxyl groups is 1. The maximum absolute atomic E-state index is 12.4. The first-order valence-corrected chi connectivity index (χ1v) is 8.64. The van der Waals surface area contributed by atoms with E-state index in [1.54, 1.807) is 30.3 Å². The molecule has 0 saturated carbocycles. The predicted molar refractivity (Wildman–Crippen MR) is 92.6 cm³/mol. The summed E-state index contributed by atoms with van der Waals surface area (Å²) in [5.41, 5.74) is -1.38. The molecule has 4 heterocycles. The van der Waals surface area contributed by atoms with Crippen molar-refractivity contribution < 1.29 is 23.3 Å². The number of furan rings is 2. The first kappa shape index (κ1) is 16.4. The second-order valence-corrected chi connectivity index (χ2v) is 6.50. The fourth-order valence-electron chi connectivity index (χ4n) is 2.54. The van der Waals surface area contributed by atoms with Gasteiger partial charge in [0, 0.05) is 10.9 Å². The monoisotopic (exact) mass is 370 g/mol. The summed E-state index contributed by atoms with van der Waals surface area (Å²) in [6.07, 6.45) is 2.98. The van der Waals surface area contributed by atoms with Crippen molar-refractivity contribution >= 4 is 17.2 Å². The van der Waals surface area contributed by atoms with E-state index in [1.165, 1.54) is 29.9 Å². The summed E-state index contributed by atoms with van der Waals surface area (Å²) in [5.74, 6) is 0.687. The van der Waals surface area contributed by atoms with Gasteiger partial charge in [-0.1, -0.05) is 11.2 Å². The normalized spacial score (nSPS) is 13.4. The van der Waals surface area contributed by atoms with Crippen LogP contribution in [0.5, 0.6) is 0 Å². The second-order valence-electron chi connectivity index (χ2n) is 5.55. The molecule has 0 unspecified atom stereocenters. The van der Waals surface area contributed by atoms with Crippen LogP contribution >= 0.6 is 11.3 Å². The van der Waals surface area contributed by atoms with Crippen LogP contribution in [0.3, 0.4) is 0 Å². The number of nitrogens with zero attached hydrogens (tertiary/aromatic N) is 1. The van der Waals surface area contributed by atoms with Crippen molar-refractivity contribution in [3.63, 3.8) is 0 Å². The Balaban J connectivity index is 1.52. The van der Waals surface area contributed by atoms with Gasteiger partial charge in [-0.25, -0.2) is 0 Å².